The average Bonchev–Trinajstić information content (AvgIpc) is 2.28. The van der Waals surface area contributed by atoms with Crippen molar-refractivity contribution in [3.63, 3.8) is 0 Å². The monoisotopic (exact) mass is 255 g/mol. The van der Waals surface area contributed by atoms with Crippen molar-refractivity contribution in [3.05, 3.63) is 0 Å². The first-order valence-electron chi connectivity index (χ1n) is 6.38. The molecule has 0 saturated heterocycles. The summed E-state index contributed by atoms with van der Waals surface area (Å²) in [5.41, 5.74) is -0.454. The Bertz CT molecular complexity index is 345. The summed E-state index contributed by atoms with van der Waals surface area (Å²) in [7, 11) is 0. The Morgan fingerprint density at radius 1 is 1.22 bits per heavy atom. The van der Waals surface area contributed by atoms with Crippen LogP contribution in [-0.2, 0) is 14.4 Å². The number of aliphatic carboxylic acids is 1. The van der Waals surface area contributed by atoms with Gasteiger partial charge in [0.15, 0.2) is 5.78 Å². The van der Waals surface area contributed by atoms with E-state index in [0.717, 1.165) is 32.1 Å². The highest BCUT2D eigenvalue weighted by Gasteiger charge is 2.36. The lowest BCUT2D eigenvalue weighted by Gasteiger charge is -2.33. The number of carboxylic acid groups (broad SMARTS) is 1. The summed E-state index contributed by atoms with van der Waals surface area (Å²) in [5, 5.41) is 11.3. The third-order valence-corrected chi connectivity index (χ3v) is 3.68. The number of carboxylic acids is 1. The summed E-state index contributed by atoms with van der Waals surface area (Å²) in [5.74, 6) is -1.59. The van der Waals surface area contributed by atoms with Gasteiger partial charge in [-0.15, -0.1) is 0 Å². The molecule has 0 aromatic carbocycles. The van der Waals surface area contributed by atoms with Crippen LogP contribution in [0.2, 0.25) is 0 Å². The van der Waals surface area contributed by atoms with Gasteiger partial charge in [-0.05, 0) is 19.8 Å². The molecule has 0 radical (unpaired) electrons. The summed E-state index contributed by atoms with van der Waals surface area (Å²) in [6.45, 7) is 3.19. The average molecular weight is 255 g/mol. The molecule has 2 N–H and O–H groups in total. The molecule has 1 amide bonds. The largest absolute Gasteiger partial charge is 0.481 e. The van der Waals surface area contributed by atoms with Crippen LogP contribution in [-0.4, -0.2) is 28.8 Å². The zero-order chi connectivity index (χ0) is 13.8. The lowest BCUT2D eigenvalue weighted by atomic mass is 9.75. The highest BCUT2D eigenvalue weighted by atomic mass is 16.4. The van der Waals surface area contributed by atoms with E-state index in [9.17, 15) is 14.4 Å². The van der Waals surface area contributed by atoms with Crippen molar-refractivity contribution >= 4 is 17.7 Å². The summed E-state index contributed by atoms with van der Waals surface area (Å²) in [6.07, 6.45) is 4.40. The first-order chi connectivity index (χ1) is 8.35. The van der Waals surface area contributed by atoms with Gasteiger partial charge in [0.2, 0.25) is 5.91 Å². The van der Waals surface area contributed by atoms with E-state index in [1.165, 1.54) is 6.92 Å². The van der Waals surface area contributed by atoms with E-state index in [1.54, 1.807) is 0 Å². The van der Waals surface area contributed by atoms with Crippen LogP contribution >= 0.6 is 0 Å². The van der Waals surface area contributed by atoms with Crippen molar-refractivity contribution in [2.24, 2.45) is 5.41 Å². The number of hydrogen-bond acceptors (Lipinski definition) is 3. The van der Waals surface area contributed by atoms with Crippen LogP contribution in [0.25, 0.3) is 0 Å². The maximum absolute atomic E-state index is 12.2. The first-order valence-corrected chi connectivity index (χ1v) is 6.38. The van der Waals surface area contributed by atoms with E-state index in [0.29, 0.717) is 0 Å². The van der Waals surface area contributed by atoms with Gasteiger partial charge in [0.1, 0.15) is 0 Å². The second kappa shape index (κ2) is 5.98. The van der Waals surface area contributed by atoms with Crippen LogP contribution in [0.1, 0.15) is 52.4 Å². The minimum atomic E-state index is -1.08. The molecule has 102 valence electrons. The maximum Gasteiger partial charge on any atom is 0.305 e. The normalized spacial score (nSPS) is 19.9. The van der Waals surface area contributed by atoms with Crippen LogP contribution in [0.3, 0.4) is 0 Å². The van der Waals surface area contributed by atoms with Gasteiger partial charge in [-0.3, -0.25) is 14.4 Å². The summed E-state index contributed by atoms with van der Waals surface area (Å²) in [6, 6.07) is -0.909. The maximum atomic E-state index is 12.2. The molecule has 1 aliphatic rings. The van der Waals surface area contributed by atoms with Crippen LogP contribution in [0.5, 0.6) is 0 Å². The third kappa shape index (κ3) is 3.82. The Balaban J connectivity index is 2.65. The number of carbonyl (C=O) groups is 3. The molecule has 1 atom stereocenters. The SMILES string of the molecule is CC(=O)C(CC(=O)O)NC(=O)C1(C)CCCCC1. The molecular weight excluding hydrogens is 234 g/mol. The van der Waals surface area contributed by atoms with Gasteiger partial charge in [-0.25, -0.2) is 0 Å². The van der Waals surface area contributed by atoms with Crippen molar-refractivity contribution < 1.29 is 19.5 Å². The number of rotatable bonds is 5. The number of ketones is 1. The molecule has 0 aliphatic heterocycles. The minimum absolute atomic E-state index is 0.191. The molecule has 1 rings (SSSR count). The van der Waals surface area contributed by atoms with E-state index in [4.69, 9.17) is 5.11 Å². The van der Waals surface area contributed by atoms with E-state index >= 15 is 0 Å². The molecule has 1 fully saturated rings. The zero-order valence-electron chi connectivity index (χ0n) is 11.0. The predicted octanol–water partition coefficient (Wildman–Crippen LogP) is 1.51. The van der Waals surface area contributed by atoms with Gasteiger partial charge in [-0.2, -0.15) is 0 Å². The van der Waals surface area contributed by atoms with Crippen molar-refractivity contribution in [1.82, 2.24) is 5.32 Å². The minimum Gasteiger partial charge on any atom is -0.481 e. The fraction of sp³-hybridized carbons (Fsp3) is 0.769. The molecule has 0 aromatic rings. The Kier molecular flexibility index (Phi) is 4.87. The van der Waals surface area contributed by atoms with Crippen LogP contribution in [0, 0.1) is 5.41 Å². The fourth-order valence-corrected chi connectivity index (χ4v) is 2.36. The van der Waals surface area contributed by atoms with Crippen LogP contribution in [0.4, 0.5) is 0 Å². The zero-order valence-corrected chi connectivity index (χ0v) is 11.0. The van der Waals surface area contributed by atoms with Gasteiger partial charge < -0.3 is 10.4 Å². The Labute approximate surface area is 107 Å². The molecule has 0 heterocycles. The molecule has 5 nitrogen and oxygen atoms in total. The molecule has 0 aromatic heterocycles. The summed E-state index contributed by atoms with van der Waals surface area (Å²) < 4.78 is 0. The van der Waals surface area contributed by atoms with E-state index in [2.05, 4.69) is 5.32 Å². The number of nitrogens with one attached hydrogen (secondary N) is 1. The third-order valence-electron chi connectivity index (χ3n) is 3.68. The van der Waals surface area contributed by atoms with Crippen molar-refractivity contribution in [1.29, 1.82) is 0 Å². The standard InChI is InChI=1S/C13H21NO4/c1-9(15)10(8-11(16)17)14-12(18)13(2)6-4-3-5-7-13/h10H,3-8H2,1-2H3,(H,14,18)(H,16,17). The van der Waals surface area contributed by atoms with Crippen molar-refractivity contribution in [3.8, 4) is 0 Å². The topological polar surface area (TPSA) is 83.5 Å². The second-order valence-electron chi connectivity index (χ2n) is 5.36. The Hall–Kier alpha value is -1.39. The highest BCUT2D eigenvalue weighted by molar-refractivity contribution is 5.92. The molecule has 0 bridgehead atoms. The molecule has 1 aliphatic carbocycles. The van der Waals surface area contributed by atoms with Gasteiger partial charge in [0.25, 0.3) is 0 Å². The van der Waals surface area contributed by atoms with Gasteiger partial charge in [0, 0.05) is 5.41 Å². The predicted molar refractivity (Wildman–Crippen MR) is 66.1 cm³/mol. The molecule has 5 heteroatoms. The van der Waals surface area contributed by atoms with Crippen molar-refractivity contribution in [2.75, 3.05) is 0 Å². The van der Waals surface area contributed by atoms with Gasteiger partial charge in [-0.1, -0.05) is 26.2 Å². The number of amides is 1. The Morgan fingerprint density at radius 2 is 1.78 bits per heavy atom. The van der Waals surface area contributed by atoms with E-state index < -0.39 is 17.4 Å². The van der Waals surface area contributed by atoms with Crippen molar-refractivity contribution in [2.45, 2.75) is 58.4 Å². The molecule has 1 saturated carbocycles. The van der Waals surface area contributed by atoms with E-state index in [-0.39, 0.29) is 18.1 Å². The summed E-state index contributed by atoms with van der Waals surface area (Å²) in [4.78, 5) is 34.1. The lowest BCUT2D eigenvalue weighted by molar-refractivity contribution is -0.141. The Morgan fingerprint density at radius 3 is 2.22 bits per heavy atom. The van der Waals surface area contributed by atoms with Gasteiger partial charge in [0.05, 0.1) is 12.5 Å². The second-order valence-corrected chi connectivity index (χ2v) is 5.36. The molecule has 18 heavy (non-hydrogen) atoms. The lowest BCUT2D eigenvalue weighted by Crippen LogP contribution is -2.48. The molecular formula is C13H21NO4. The molecule has 1 unspecified atom stereocenters. The number of Topliss-reactive ketones (excluding diaryl/α,β-unsaturated/α-hetero) is 1. The van der Waals surface area contributed by atoms with Gasteiger partial charge >= 0.3 is 5.97 Å². The summed E-state index contributed by atoms with van der Waals surface area (Å²) >= 11 is 0. The quantitative estimate of drug-likeness (QED) is 0.780. The van der Waals surface area contributed by atoms with Crippen LogP contribution < -0.4 is 5.32 Å². The highest BCUT2D eigenvalue weighted by Crippen LogP contribution is 2.35. The first kappa shape index (κ1) is 14.7. The molecule has 0 spiro atoms. The number of hydrogen-bond donors (Lipinski definition) is 2. The fourth-order valence-electron chi connectivity index (χ4n) is 2.36. The smallest absolute Gasteiger partial charge is 0.305 e. The number of carbonyl (C=O) groups excluding carboxylic acids is 2. The van der Waals surface area contributed by atoms with Crippen LogP contribution in [0.15, 0.2) is 0 Å². The van der Waals surface area contributed by atoms with E-state index in [1.807, 2.05) is 6.92 Å².